The molecule has 2 heterocycles. The Labute approximate surface area is 337 Å². The molecule has 12 nitrogen and oxygen atoms in total. The highest BCUT2D eigenvalue weighted by Crippen LogP contribution is 2.40. The van der Waals surface area contributed by atoms with E-state index >= 15 is 0 Å². The van der Waals surface area contributed by atoms with Crippen molar-refractivity contribution in [3.05, 3.63) is 41.3 Å². The first-order valence-electron chi connectivity index (χ1n) is 20.9. The van der Waals surface area contributed by atoms with Crippen LogP contribution in [0.25, 0.3) is 5.65 Å². The molecule has 13 heteroatoms. The van der Waals surface area contributed by atoms with Crippen LogP contribution in [0.1, 0.15) is 182 Å². The maximum Gasteiger partial charge on any atom is 0.306 e. The molecule has 1 aliphatic rings. The molecule has 4 rings (SSSR count). The van der Waals surface area contributed by atoms with Gasteiger partial charge in [0.25, 0.3) is 17.2 Å². The topological polar surface area (TPSA) is 160 Å². The van der Waals surface area contributed by atoms with Gasteiger partial charge in [0.2, 0.25) is 0 Å². The van der Waals surface area contributed by atoms with Crippen molar-refractivity contribution in [2.75, 3.05) is 0 Å². The fraction of sp³-hybridized carbons (Fsp3) is 0.721. The number of rotatable bonds is 21. The average Bonchev–Trinajstić information content (AvgIpc) is 3.70. The zero-order chi connectivity index (χ0) is 41.3. The number of aromatic nitrogens is 4. The number of amides is 1. The van der Waals surface area contributed by atoms with E-state index < -0.39 is 35.3 Å². The minimum atomic E-state index is -2.04. The Morgan fingerprint density at radius 2 is 1.64 bits per heavy atom. The number of aliphatic carboxylic acids is 1. The van der Waals surface area contributed by atoms with Crippen molar-refractivity contribution in [2.45, 2.75) is 188 Å². The lowest BCUT2D eigenvalue weighted by Gasteiger charge is -2.33. The van der Waals surface area contributed by atoms with E-state index in [9.17, 15) is 18.9 Å². The molecule has 0 spiro atoms. The van der Waals surface area contributed by atoms with Crippen LogP contribution in [0.15, 0.2) is 24.3 Å². The number of carboxylic acids is 1. The Kier molecular flexibility index (Phi) is 16.0. The number of nitrogens with zero attached hydrogens (tertiary/aromatic N) is 3. The molecular weight excluding hydrogens is 729 g/mol. The first kappa shape index (κ1) is 45.3. The lowest BCUT2D eigenvalue weighted by molar-refractivity contribution is -0.143. The van der Waals surface area contributed by atoms with Crippen LogP contribution in [0.3, 0.4) is 0 Å². The Morgan fingerprint density at radius 3 is 2.29 bits per heavy atom. The van der Waals surface area contributed by atoms with Crippen LogP contribution in [0.5, 0.6) is 11.5 Å². The molecule has 1 amide bonds. The molecule has 1 aliphatic carbocycles. The third kappa shape index (κ3) is 13.3. The molecule has 5 atom stereocenters. The number of ether oxygens (including phenoxy) is 1. The molecule has 0 aliphatic heterocycles. The molecular formula is C43H70N6O6S. The molecule has 1 fully saturated rings. The van der Waals surface area contributed by atoms with E-state index in [1.807, 2.05) is 31.2 Å². The predicted molar refractivity (Wildman–Crippen MR) is 223 cm³/mol. The first-order chi connectivity index (χ1) is 26.3. The van der Waals surface area contributed by atoms with Crippen LogP contribution in [-0.4, -0.2) is 53.1 Å². The van der Waals surface area contributed by atoms with E-state index in [-0.39, 0.29) is 33.9 Å². The molecule has 0 saturated heterocycles. The van der Waals surface area contributed by atoms with Crippen LogP contribution >= 0.6 is 0 Å². The molecule has 5 unspecified atom stereocenters. The second-order valence-electron chi connectivity index (χ2n) is 18.9. The van der Waals surface area contributed by atoms with Gasteiger partial charge < -0.3 is 19.3 Å². The second kappa shape index (κ2) is 19.8. The zero-order valence-corrected chi connectivity index (χ0v) is 36.6. The third-order valence-corrected chi connectivity index (χ3v) is 11.7. The van der Waals surface area contributed by atoms with Gasteiger partial charge in [0.1, 0.15) is 0 Å². The summed E-state index contributed by atoms with van der Waals surface area (Å²) in [6.07, 6.45) is 12.0. The number of aromatic amines is 1. The average molecular weight is 799 g/mol. The summed E-state index contributed by atoms with van der Waals surface area (Å²) >= 11 is -2.04. The zero-order valence-electron chi connectivity index (χ0n) is 35.8. The summed E-state index contributed by atoms with van der Waals surface area (Å²) in [6.45, 7) is 21.4. The standard InChI is InChI=1S/C43H70N6O6S/c1-11-12-13-14-15-16-17-18-22-34(39(50)44-32-21-19-20-30(25-32)40(51)52)54-33-24-23-31(43(9,10)28-41(3,4)5)26-35(33)55-56(53)48-29(2)38-46-45-37-27-36(42(6,7)8)47-49(37)38/h23-24,26-27,29-30,32,34,47-48H,11-22,25,28H2,1-10H3,(H,44,50)(H,51,52). The number of H-pyrrole nitrogens is 1. The number of fused-ring (bicyclic) bond motifs is 1. The van der Waals surface area contributed by atoms with Gasteiger partial charge in [-0.25, -0.2) is 4.52 Å². The molecule has 2 aromatic heterocycles. The van der Waals surface area contributed by atoms with E-state index in [0.29, 0.717) is 36.5 Å². The maximum absolute atomic E-state index is 14.0. The van der Waals surface area contributed by atoms with E-state index in [4.69, 9.17) is 8.92 Å². The SMILES string of the molecule is CCCCCCCCCCC(Oc1ccc(C(C)(C)CC(C)(C)C)cc1OS(=O)NC(C)c1nnc2cc(C(C)(C)C)[nH]n12)C(=O)NC1CCCC(C(=O)O)C1. The molecule has 1 aromatic carbocycles. The lowest BCUT2D eigenvalue weighted by atomic mass is 9.72. The molecule has 1 saturated carbocycles. The highest BCUT2D eigenvalue weighted by molar-refractivity contribution is 7.78. The maximum atomic E-state index is 14.0. The van der Waals surface area contributed by atoms with Crippen LogP contribution in [0.2, 0.25) is 0 Å². The number of unbranched alkanes of at least 4 members (excludes halogenated alkanes) is 7. The first-order valence-corrected chi connectivity index (χ1v) is 22.0. The monoisotopic (exact) mass is 799 g/mol. The van der Waals surface area contributed by atoms with Gasteiger partial charge in [0.05, 0.1) is 12.0 Å². The lowest BCUT2D eigenvalue weighted by Crippen LogP contribution is -2.46. The van der Waals surface area contributed by atoms with Crippen molar-refractivity contribution in [1.82, 2.24) is 29.9 Å². The van der Waals surface area contributed by atoms with Crippen LogP contribution in [0, 0.1) is 11.3 Å². The summed E-state index contributed by atoms with van der Waals surface area (Å²) in [7, 11) is 0. The van der Waals surface area contributed by atoms with E-state index in [1.54, 1.807) is 4.52 Å². The quantitative estimate of drug-likeness (QED) is 0.0776. The van der Waals surface area contributed by atoms with Gasteiger partial charge in [-0.15, -0.1) is 10.2 Å². The number of hydrogen-bond acceptors (Lipinski definition) is 7. The summed E-state index contributed by atoms with van der Waals surface area (Å²) in [5.74, 6) is -0.421. The number of carbonyl (C=O) groups is 2. The van der Waals surface area contributed by atoms with Crippen molar-refractivity contribution in [3.63, 3.8) is 0 Å². The van der Waals surface area contributed by atoms with Gasteiger partial charge in [-0.1, -0.05) is 120 Å². The van der Waals surface area contributed by atoms with Crippen molar-refractivity contribution in [3.8, 4) is 11.5 Å². The number of nitrogens with one attached hydrogen (secondary N) is 3. The number of carbonyl (C=O) groups excluding carboxylic acids is 1. The van der Waals surface area contributed by atoms with Crippen molar-refractivity contribution in [1.29, 1.82) is 0 Å². The number of carboxylic acid groups (broad SMARTS) is 1. The fourth-order valence-electron chi connectivity index (χ4n) is 7.99. The van der Waals surface area contributed by atoms with Gasteiger partial charge in [-0.2, -0.15) is 8.93 Å². The highest BCUT2D eigenvalue weighted by Gasteiger charge is 2.33. The molecule has 3 aromatic rings. The molecule has 0 radical (unpaired) electrons. The summed E-state index contributed by atoms with van der Waals surface area (Å²) < 4.78 is 31.4. The summed E-state index contributed by atoms with van der Waals surface area (Å²) in [5, 5.41) is 24.8. The van der Waals surface area contributed by atoms with Crippen molar-refractivity contribution >= 4 is 28.8 Å². The van der Waals surface area contributed by atoms with Gasteiger partial charge in [0, 0.05) is 23.2 Å². The third-order valence-electron chi connectivity index (χ3n) is 10.8. The van der Waals surface area contributed by atoms with Crippen molar-refractivity contribution in [2.24, 2.45) is 11.3 Å². The smallest absolute Gasteiger partial charge is 0.306 e. The fourth-order valence-corrected chi connectivity index (χ4v) is 8.72. The molecule has 0 bridgehead atoms. The molecule has 56 heavy (non-hydrogen) atoms. The Hall–Kier alpha value is -3.45. The van der Waals surface area contributed by atoms with Gasteiger partial charge in [-0.05, 0) is 74.0 Å². The second-order valence-corrected chi connectivity index (χ2v) is 19.8. The summed E-state index contributed by atoms with van der Waals surface area (Å²) in [5.41, 5.74) is 2.33. The molecule has 4 N–H and O–H groups in total. The minimum Gasteiger partial charge on any atom is -0.481 e. The Balaban J connectivity index is 1.58. The predicted octanol–water partition coefficient (Wildman–Crippen LogP) is 9.41. The van der Waals surface area contributed by atoms with Crippen LogP contribution in [0.4, 0.5) is 0 Å². The normalized spacial score (nSPS) is 18.4. The van der Waals surface area contributed by atoms with Crippen LogP contribution in [-0.2, 0) is 31.7 Å². The Bertz CT molecular complexity index is 1750. The Morgan fingerprint density at radius 1 is 0.964 bits per heavy atom. The van der Waals surface area contributed by atoms with E-state index in [0.717, 1.165) is 49.8 Å². The minimum absolute atomic E-state index is 0.0473. The highest BCUT2D eigenvalue weighted by atomic mass is 32.2. The van der Waals surface area contributed by atoms with Crippen molar-refractivity contribution < 1.29 is 27.8 Å². The summed E-state index contributed by atoms with van der Waals surface area (Å²) in [4.78, 5) is 25.8. The van der Waals surface area contributed by atoms with Gasteiger partial charge in [-0.3, -0.25) is 14.7 Å². The van der Waals surface area contributed by atoms with E-state index in [2.05, 4.69) is 87.6 Å². The van der Waals surface area contributed by atoms with Gasteiger partial charge >= 0.3 is 5.97 Å². The molecule has 314 valence electrons. The van der Waals surface area contributed by atoms with Crippen LogP contribution < -0.4 is 19.0 Å². The number of benzene rings is 1. The largest absolute Gasteiger partial charge is 0.481 e. The van der Waals surface area contributed by atoms with Gasteiger partial charge in [0.15, 0.2) is 29.1 Å². The number of hydrogen-bond donors (Lipinski definition) is 4. The van der Waals surface area contributed by atoms with E-state index in [1.165, 1.54) is 32.1 Å². The summed E-state index contributed by atoms with van der Waals surface area (Å²) in [6, 6.07) is 6.92.